The van der Waals surface area contributed by atoms with Gasteiger partial charge >= 0.3 is 0 Å². The van der Waals surface area contributed by atoms with Gasteiger partial charge in [-0.25, -0.2) is 0 Å². The summed E-state index contributed by atoms with van der Waals surface area (Å²) < 4.78 is 1.77. The van der Waals surface area contributed by atoms with Crippen molar-refractivity contribution in [1.29, 1.82) is 0 Å². The maximum absolute atomic E-state index is 12.6. The predicted octanol–water partition coefficient (Wildman–Crippen LogP) is 4.34. The molecule has 1 heterocycles. The average molecular weight is 327 g/mol. The molecule has 122 valence electrons. The molecular weight excluding hydrogens is 310 g/mol. The van der Waals surface area contributed by atoms with Crippen LogP contribution in [-0.2, 0) is 6.54 Å². The summed E-state index contributed by atoms with van der Waals surface area (Å²) in [5.74, 6) is -0.157. The lowest BCUT2D eigenvalue weighted by molar-refractivity contribution is 0.102. The van der Waals surface area contributed by atoms with Gasteiger partial charge in [-0.05, 0) is 17.0 Å². The zero-order valence-electron chi connectivity index (χ0n) is 13.6. The molecule has 0 spiro atoms. The quantitative estimate of drug-likeness (QED) is 0.606. The summed E-state index contributed by atoms with van der Waals surface area (Å²) in [4.78, 5) is 12.6. The van der Waals surface area contributed by atoms with Gasteiger partial charge in [-0.3, -0.25) is 9.48 Å². The van der Waals surface area contributed by atoms with Crippen LogP contribution >= 0.6 is 0 Å². The van der Waals surface area contributed by atoms with E-state index in [9.17, 15) is 4.79 Å². The maximum Gasteiger partial charge on any atom is 0.258 e. The van der Waals surface area contributed by atoms with Gasteiger partial charge in [-0.15, -0.1) is 0 Å². The van der Waals surface area contributed by atoms with Crippen molar-refractivity contribution in [2.45, 2.75) is 6.54 Å². The lowest BCUT2D eigenvalue weighted by atomic mass is 10.1. The first-order valence-electron chi connectivity index (χ1n) is 8.15. The molecule has 0 aliphatic heterocycles. The lowest BCUT2D eigenvalue weighted by Crippen LogP contribution is -2.11. The van der Waals surface area contributed by atoms with E-state index in [2.05, 4.69) is 10.4 Å². The van der Waals surface area contributed by atoms with Crippen molar-refractivity contribution in [1.82, 2.24) is 9.78 Å². The van der Waals surface area contributed by atoms with Crippen LogP contribution in [0.25, 0.3) is 10.8 Å². The molecule has 0 fully saturated rings. The number of carbonyl (C=O) groups is 1. The molecule has 0 aliphatic rings. The molecule has 0 atom stereocenters. The monoisotopic (exact) mass is 327 g/mol. The predicted molar refractivity (Wildman–Crippen MR) is 99.7 cm³/mol. The van der Waals surface area contributed by atoms with Gasteiger partial charge in [0.05, 0.1) is 18.3 Å². The van der Waals surface area contributed by atoms with E-state index >= 15 is 0 Å². The Labute approximate surface area is 145 Å². The highest BCUT2D eigenvalue weighted by Crippen LogP contribution is 2.23. The van der Waals surface area contributed by atoms with Gasteiger partial charge in [0.15, 0.2) is 0 Å². The molecule has 25 heavy (non-hydrogen) atoms. The second kappa shape index (κ2) is 6.61. The number of nitrogens with zero attached hydrogens (tertiary/aromatic N) is 2. The van der Waals surface area contributed by atoms with E-state index in [-0.39, 0.29) is 5.91 Å². The molecular formula is C21H17N3O. The van der Waals surface area contributed by atoms with E-state index in [0.29, 0.717) is 12.1 Å². The topological polar surface area (TPSA) is 46.9 Å². The molecule has 1 N–H and O–H groups in total. The number of nitrogens with one attached hydrogen (secondary N) is 1. The molecule has 4 heteroatoms. The second-order valence-electron chi connectivity index (χ2n) is 5.89. The minimum atomic E-state index is -0.157. The second-order valence-corrected chi connectivity index (χ2v) is 5.89. The van der Waals surface area contributed by atoms with Crippen LogP contribution in [0.1, 0.15) is 15.9 Å². The Hall–Kier alpha value is -3.40. The molecule has 4 nitrogen and oxygen atoms in total. The van der Waals surface area contributed by atoms with E-state index < -0.39 is 0 Å². The molecule has 0 saturated carbocycles. The molecule has 4 rings (SSSR count). The molecule has 0 aliphatic carbocycles. The Bertz CT molecular complexity index is 1020. The largest absolute Gasteiger partial charge is 0.321 e. The van der Waals surface area contributed by atoms with Crippen molar-refractivity contribution < 1.29 is 4.79 Å². The van der Waals surface area contributed by atoms with Gasteiger partial charge in [-0.2, -0.15) is 5.10 Å². The average Bonchev–Trinajstić information content (AvgIpc) is 3.11. The van der Waals surface area contributed by atoms with Gasteiger partial charge < -0.3 is 5.32 Å². The Morgan fingerprint density at radius 1 is 0.920 bits per heavy atom. The molecule has 0 bridgehead atoms. The van der Waals surface area contributed by atoms with E-state index in [1.54, 1.807) is 17.1 Å². The SMILES string of the molecule is O=C(Nc1cccc2ccccc12)c1cnn(Cc2ccccc2)c1. The number of aromatic nitrogens is 2. The number of anilines is 1. The summed E-state index contributed by atoms with van der Waals surface area (Å²) in [5, 5.41) is 9.40. The van der Waals surface area contributed by atoms with Crippen LogP contribution in [0.15, 0.2) is 85.2 Å². The minimum absolute atomic E-state index is 0.157. The Morgan fingerprint density at radius 2 is 1.68 bits per heavy atom. The summed E-state index contributed by atoms with van der Waals surface area (Å²) in [6.45, 7) is 0.641. The summed E-state index contributed by atoms with van der Waals surface area (Å²) in [6.07, 6.45) is 3.37. The van der Waals surface area contributed by atoms with E-state index in [1.807, 2.05) is 72.8 Å². The standard InChI is InChI=1S/C21H17N3O/c25-21(23-20-12-6-10-17-9-4-5-11-19(17)20)18-13-22-24(15-18)14-16-7-2-1-3-8-16/h1-13,15H,14H2,(H,23,25). The number of hydrogen-bond acceptors (Lipinski definition) is 2. The Balaban J connectivity index is 1.53. The lowest BCUT2D eigenvalue weighted by Gasteiger charge is -2.07. The fourth-order valence-corrected chi connectivity index (χ4v) is 2.87. The van der Waals surface area contributed by atoms with Crippen molar-refractivity contribution in [2.75, 3.05) is 5.32 Å². The fourth-order valence-electron chi connectivity index (χ4n) is 2.87. The zero-order chi connectivity index (χ0) is 17.1. The third kappa shape index (κ3) is 3.28. The molecule has 0 radical (unpaired) electrons. The van der Waals surface area contributed by atoms with Gasteiger partial charge in [-0.1, -0.05) is 66.7 Å². The van der Waals surface area contributed by atoms with Crippen LogP contribution in [0.2, 0.25) is 0 Å². The van der Waals surface area contributed by atoms with Gasteiger partial charge in [0, 0.05) is 17.3 Å². The van der Waals surface area contributed by atoms with Crippen LogP contribution < -0.4 is 5.32 Å². The normalized spacial score (nSPS) is 10.7. The minimum Gasteiger partial charge on any atom is -0.321 e. The highest BCUT2D eigenvalue weighted by atomic mass is 16.1. The summed E-state index contributed by atoms with van der Waals surface area (Å²) >= 11 is 0. The van der Waals surface area contributed by atoms with Crippen molar-refractivity contribution in [3.8, 4) is 0 Å². The molecule has 0 unspecified atom stereocenters. The van der Waals surface area contributed by atoms with Crippen LogP contribution in [0.5, 0.6) is 0 Å². The van der Waals surface area contributed by atoms with Crippen molar-refractivity contribution in [3.63, 3.8) is 0 Å². The zero-order valence-corrected chi connectivity index (χ0v) is 13.6. The van der Waals surface area contributed by atoms with E-state index in [0.717, 1.165) is 22.0 Å². The molecule has 4 aromatic rings. The molecule has 1 amide bonds. The third-order valence-corrected chi connectivity index (χ3v) is 4.12. The van der Waals surface area contributed by atoms with E-state index in [1.165, 1.54) is 0 Å². The molecule has 3 aromatic carbocycles. The van der Waals surface area contributed by atoms with Crippen molar-refractivity contribution >= 4 is 22.4 Å². The van der Waals surface area contributed by atoms with Crippen LogP contribution in [0, 0.1) is 0 Å². The summed E-state index contributed by atoms with van der Waals surface area (Å²) in [7, 11) is 0. The molecule has 1 aromatic heterocycles. The summed E-state index contributed by atoms with van der Waals surface area (Å²) in [6, 6.07) is 23.9. The number of amides is 1. The Kier molecular flexibility index (Phi) is 4.01. The van der Waals surface area contributed by atoms with Crippen LogP contribution in [0.3, 0.4) is 0 Å². The molecule has 0 saturated heterocycles. The van der Waals surface area contributed by atoms with Gasteiger partial charge in [0.1, 0.15) is 0 Å². The van der Waals surface area contributed by atoms with E-state index in [4.69, 9.17) is 0 Å². The number of carbonyl (C=O) groups excluding carboxylic acids is 1. The fraction of sp³-hybridized carbons (Fsp3) is 0.0476. The van der Waals surface area contributed by atoms with Crippen molar-refractivity contribution in [3.05, 3.63) is 96.3 Å². The third-order valence-electron chi connectivity index (χ3n) is 4.12. The number of rotatable bonds is 4. The van der Waals surface area contributed by atoms with Crippen molar-refractivity contribution in [2.24, 2.45) is 0 Å². The Morgan fingerprint density at radius 3 is 2.56 bits per heavy atom. The first-order chi connectivity index (χ1) is 12.3. The first kappa shape index (κ1) is 15.1. The first-order valence-corrected chi connectivity index (χ1v) is 8.15. The van der Waals surface area contributed by atoms with Gasteiger partial charge in [0.2, 0.25) is 0 Å². The highest BCUT2D eigenvalue weighted by molar-refractivity contribution is 6.08. The number of hydrogen-bond donors (Lipinski definition) is 1. The maximum atomic E-state index is 12.6. The smallest absolute Gasteiger partial charge is 0.258 e. The number of benzene rings is 3. The van der Waals surface area contributed by atoms with Crippen LogP contribution in [0.4, 0.5) is 5.69 Å². The highest BCUT2D eigenvalue weighted by Gasteiger charge is 2.11. The van der Waals surface area contributed by atoms with Crippen LogP contribution in [-0.4, -0.2) is 15.7 Å². The van der Waals surface area contributed by atoms with Gasteiger partial charge in [0.25, 0.3) is 5.91 Å². The summed E-state index contributed by atoms with van der Waals surface area (Å²) in [5.41, 5.74) is 2.49. The number of fused-ring (bicyclic) bond motifs is 1.